The molecule has 2 fully saturated rings. The molecule has 17 amide bonds. The molecule has 44 heteroatoms. The number of unbranched alkanes of at least 4 members (excludes halogenated alkanes) is 3. The number of hydrogen-bond acceptors (Lipinski definition) is 25. The monoisotopic (exact) mass is 2020 g/mol. The number of nitrogens with one attached hydrogen (secondary N) is 16. The van der Waals surface area contributed by atoms with Crippen LogP contribution in [0.5, 0.6) is 11.5 Å². The number of H-pyrrole nitrogens is 1. The number of para-hydroxylation sites is 1. The average Bonchev–Trinajstić information content (AvgIpc) is 1.53. The summed E-state index contributed by atoms with van der Waals surface area (Å²) in [6.45, 7) is 12.1. The number of hydrogen-bond donors (Lipinski definition) is 20. The predicted octanol–water partition coefficient (Wildman–Crippen LogP) is 0.0124. The van der Waals surface area contributed by atoms with Crippen molar-refractivity contribution >= 4 is 144 Å². The molecule has 778 valence electrons. The van der Waals surface area contributed by atoms with Crippen molar-refractivity contribution in [1.29, 1.82) is 0 Å². The van der Waals surface area contributed by atoms with Crippen molar-refractivity contribution in [2.24, 2.45) is 11.5 Å². The number of fused-ring (bicyclic) bond motifs is 14. The molecular weight excluding hydrogens is 1880 g/mol. The minimum atomic E-state index is -2.03. The summed E-state index contributed by atoms with van der Waals surface area (Å²) in [5.74, 6) is -15.3. The maximum atomic E-state index is 16.5. The van der Waals surface area contributed by atoms with Gasteiger partial charge in [0.2, 0.25) is 100 Å². The first-order chi connectivity index (χ1) is 67.7. The second-order valence-corrected chi connectivity index (χ2v) is 42.3. The van der Waals surface area contributed by atoms with E-state index in [-0.39, 0.29) is 109 Å². The molecule has 2 saturated heterocycles. The van der Waals surface area contributed by atoms with Gasteiger partial charge in [-0.25, -0.2) is 0 Å². The summed E-state index contributed by atoms with van der Waals surface area (Å²) in [5.41, 5.74) is 12.4. The molecule has 0 spiro atoms. The number of aromatic hydroxyl groups is 1. The molecular formula is C99H140N21O21S2+. The molecule has 12 atom stereocenters. The third-order valence-corrected chi connectivity index (χ3v) is 29.1. The van der Waals surface area contributed by atoms with Gasteiger partial charge in [0.15, 0.2) is 0 Å². The highest BCUT2D eigenvalue weighted by molar-refractivity contribution is 8.77. The summed E-state index contributed by atoms with van der Waals surface area (Å²) in [5, 5.41) is 65.9. The Labute approximate surface area is 839 Å². The van der Waals surface area contributed by atoms with E-state index in [0.29, 0.717) is 86.5 Å². The molecule has 4 aliphatic heterocycles. The van der Waals surface area contributed by atoms with E-state index in [4.69, 9.17) is 20.9 Å². The highest BCUT2D eigenvalue weighted by Crippen LogP contribution is 2.47. The van der Waals surface area contributed by atoms with Crippen molar-refractivity contribution < 1.29 is 106 Å². The van der Waals surface area contributed by atoms with Crippen LogP contribution in [0.1, 0.15) is 160 Å². The van der Waals surface area contributed by atoms with Crippen molar-refractivity contribution in [1.82, 2.24) is 94.6 Å². The average molecular weight is 2020 g/mol. The number of pyridine rings is 1. The van der Waals surface area contributed by atoms with Gasteiger partial charge in [-0.1, -0.05) is 82.3 Å². The molecule has 143 heavy (non-hydrogen) atoms. The lowest BCUT2D eigenvalue weighted by Gasteiger charge is -2.39. The standard InChI is InChI=1S/C99H139N21O21S2/c1-57-22-20-24-69-66(54-106-81(57)69)51-74-88(131)113-77(55-105-60(4)123)90(133)117-84-94(137)111-72(47-61-29-34-68(35-30-61)141-45-41-102-38-17-15-25-70(86(129)116-82(58(2)121)92(135)110-74)107-93(136)83(97(5,6)142-143-98(84,7)8)115-80(127)27-14-13-19-42-120(10,11)12)87(130)108-73(48-62-28-31-65-50-67(124)33-32-64(65)46-62)91(134)118-99(36-43-140-44-37-99)96(139)114-71(26-16-18-40-104-59(3)122)85(128)109-75(52-78(100)125)89(132)112-76(49-63-23-21-39-103-53-63)95(138)119(9)56-79(101)126/h20-24,28-35,39,46,50,53-54,58,70-77,82-84,102,106,121H,13-19,25-27,36-38,40-45,47-49,51-52,55-56H2,1-12H3,(H18-,100,101,104,105,107,108,109,110,111,112,113,114,115,116,117,118,122,123,124,125,126,127,128,129,130,131,132,133,134,135,136,137,139)/p+1/t58-,70+,71+,72+,73+,74+,75+,76+,77+,82+,83-,84-/m1/s1. The Morgan fingerprint density at radius 3 is 2.01 bits per heavy atom. The first kappa shape index (κ1) is 114. The molecule has 0 radical (unpaired) electrons. The Morgan fingerprint density at radius 2 is 1.32 bits per heavy atom. The highest BCUT2D eigenvalue weighted by atomic mass is 33.1. The highest BCUT2D eigenvalue weighted by Gasteiger charge is 2.49. The molecule has 6 aromatic rings. The van der Waals surface area contributed by atoms with Gasteiger partial charge in [0.1, 0.15) is 90.1 Å². The number of aromatic amines is 1. The van der Waals surface area contributed by atoms with E-state index in [1.807, 2.05) is 34.1 Å². The lowest BCUT2D eigenvalue weighted by atomic mass is 9.87. The number of quaternary nitrogens is 1. The van der Waals surface area contributed by atoms with Crippen LogP contribution < -0.4 is 96.0 Å². The van der Waals surface area contributed by atoms with Crippen LogP contribution in [0.2, 0.25) is 0 Å². The van der Waals surface area contributed by atoms with Gasteiger partial charge in [0.25, 0.3) is 0 Å². The van der Waals surface area contributed by atoms with E-state index >= 15 is 47.9 Å². The van der Waals surface area contributed by atoms with Gasteiger partial charge in [-0.05, 0) is 175 Å². The summed E-state index contributed by atoms with van der Waals surface area (Å²) >= 11 is 0. The summed E-state index contributed by atoms with van der Waals surface area (Å²) in [4.78, 5) is 259. The Balaban J connectivity index is 1.15. The summed E-state index contributed by atoms with van der Waals surface area (Å²) < 4.78 is 9.52. The molecule has 2 aromatic heterocycles. The van der Waals surface area contributed by atoms with Crippen LogP contribution in [-0.4, -0.2) is 305 Å². The number of phenolic OH excluding ortho intramolecular Hbond substituents is 1. The van der Waals surface area contributed by atoms with E-state index in [1.165, 1.54) is 45.4 Å². The number of aromatic nitrogens is 2. The minimum absolute atomic E-state index is 0.0282. The number of primary amides is 2. The number of ether oxygens (including phenoxy) is 2. The molecule has 0 aliphatic carbocycles. The maximum Gasteiger partial charge on any atom is 0.246 e. The number of benzene rings is 4. The molecule has 4 aromatic carbocycles. The fourth-order valence-corrected chi connectivity index (χ4v) is 19.7. The first-order valence-corrected chi connectivity index (χ1v) is 50.3. The molecule has 4 aliphatic rings. The van der Waals surface area contributed by atoms with Crippen LogP contribution in [0.3, 0.4) is 0 Å². The van der Waals surface area contributed by atoms with Crippen LogP contribution in [0, 0.1) is 6.92 Å². The summed E-state index contributed by atoms with van der Waals surface area (Å²) in [6.07, 6.45) is 2.75. The Hall–Kier alpha value is -13.0. The van der Waals surface area contributed by atoms with E-state index < -0.39 is 208 Å². The van der Waals surface area contributed by atoms with Crippen molar-refractivity contribution in [3.05, 3.63) is 137 Å². The van der Waals surface area contributed by atoms with E-state index in [2.05, 4.69) is 89.7 Å². The Kier molecular flexibility index (Phi) is 42.4. The lowest BCUT2D eigenvalue weighted by molar-refractivity contribution is -0.870. The van der Waals surface area contributed by atoms with Crippen LogP contribution in [0.25, 0.3) is 21.7 Å². The number of carbonyl (C=O) groups is 17. The van der Waals surface area contributed by atoms with Gasteiger partial charge >= 0.3 is 0 Å². The number of amides is 17. The predicted molar refractivity (Wildman–Crippen MR) is 537 cm³/mol. The topological polar surface area (TPSA) is 614 Å². The Bertz CT molecular complexity index is 5500. The van der Waals surface area contributed by atoms with Crippen molar-refractivity contribution in [3.8, 4) is 11.5 Å². The van der Waals surface area contributed by atoms with Crippen LogP contribution in [-0.2, 0) is 112 Å². The number of rotatable bonds is 36. The van der Waals surface area contributed by atoms with Gasteiger partial charge in [-0.15, -0.1) is 0 Å². The molecule has 10 rings (SSSR count). The van der Waals surface area contributed by atoms with Crippen LogP contribution in [0.15, 0.2) is 110 Å². The zero-order valence-corrected chi connectivity index (χ0v) is 84.8. The number of aliphatic hydroxyl groups excluding tert-OH is 1. The third kappa shape index (κ3) is 35.2. The number of carbonyl (C=O) groups excluding carboxylic acids is 17. The van der Waals surface area contributed by atoms with Gasteiger partial charge in [-0.2, -0.15) is 0 Å². The first-order valence-electron chi connectivity index (χ1n) is 48.1. The Morgan fingerprint density at radius 1 is 0.643 bits per heavy atom. The van der Waals surface area contributed by atoms with Crippen LogP contribution in [0.4, 0.5) is 0 Å². The largest absolute Gasteiger partial charge is 0.508 e. The fourth-order valence-electron chi connectivity index (χ4n) is 16.8. The SMILES string of the molecule is CC(=O)NCCCC[C@H](NC(=O)C1(NC(=O)[C@H](Cc2ccc3cc(O)ccc3c2)NC(=O)[C@@H]2Cc3ccc(cc3)OCCNCCCC[C@@H]3NC(=O)[C@@H](NC(=O)CCCCC[N+](C)(C)C)C(C)(C)SSC(C)(C)[C@H](NC(=O)[C@H](CNC(C)=O)NC(=O)[C@H](Cc4c[nH]c5c(C)cccc45)NC(=O)[C@H]([C@@H](C)O)NC3=O)C(=O)N2)CCOCC1)C(=O)N[C@@H](CC(N)=O)C(=O)N[C@@H](Cc1cccnc1)C(=O)N(C)CC(N)=O. The maximum absolute atomic E-state index is 16.5. The van der Waals surface area contributed by atoms with Gasteiger partial charge in [0, 0.05) is 138 Å². The molecule has 0 unspecified atom stereocenters. The smallest absolute Gasteiger partial charge is 0.246 e. The number of likely N-dealkylation sites (N-methyl/N-ethyl adjacent to an activating group) is 1. The zero-order chi connectivity index (χ0) is 105. The van der Waals surface area contributed by atoms with E-state index in [0.717, 1.165) is 51.9 Å². The number of aryl methyl sites for hydroxylation is 1. The second-order valence-electron chi connectivity index (χ2n) is 38.8. The second kappa shape index (κ2) is 53.3. The normalized spacial score (nSPS) is 20.6. The number of nitrogens with zero attached hydrogens (tertiary/aromatic N) is 3. The minimum Gasteiger partial charge on any atom is -0.508 e. The number of aliphatic hydroxyl groups is 1. The summed E-state index contributed by atoms with van der Waals surface area (Å²) in [6, 6.07) is 6.06. The molecule has 4 bridgehead atoms. The molecule has 22 N–H and O–H groups in total. The van der Waals surface area contributed by atoms with Gasteiger partial charge in [0.05, 0.1) is 46.8 Å². The zero-order valence-electron chi connectivity index (χ0n) is 83.2. The van der Waals surface area contributed by atoms with Gasteiger partial charge in [-0.3, -0.25) is 86.5 Å². The van der Waals surface area contributed by atoms with E-state index in [1.54, 1.807) is 107 Å². The molecule has 0 saturated carbocycles. The van der Waals surface area contributed by atoms with Crippen molar-refractivity contribution in [2.75, 3.05) is 87.3 Å². The van der Waals surface area contributed by atoms with Gasteiger partial charge < -0.3 is 125 Å². The van der Waals surface area contributed by atoms with Crippen molar-refractivity contribution in [2.45, 2.75) is 252 Å². The van der Waals surface area contributed by atoms with Crippen molar-refractivity contribution in [3.63, 3.8) is 0 Å². The fraction of sp³-hybridized carbons (Fsp3) is 0.535. The molecule has 42 nitrogen and oxygen atoms in total. The quantitative estimate of drug-likeness (QED) is 0.0140. The lowest BCUT2D eigenvalue weighted by Crippen LogP contribution is -2.67. The van der Waals surface area contributed by atoms with E-state index in [9.17, 15) is 43.8 Å². The van der Waals surface area contributed by atoms with Crippen LogP contribution >= 0.6 is 21.6 Å². The summed E-state index contributed by atoms with van der Waals surface area (Å²) in [7, 11) is 9.37. The number of nitrogens with two attached hydrogens (primary N) is 2. The molecule has 6 heterocycles. The third-order valence-electron chi connectivity index (χ3n) is 24.9. The number of phenols is 1.